The Hall–Kier alpha value is -3.00. The summed E-state index contributed by atoms with van der Waals surface area (Å²) < 4.78 is 8.43. The summed E-state index contributed by atoms with van der Waals surface area (Å²) in [4.78, 5) is 25.3. The molecule has 0 aliphatic heterocycles. The summed E-state index contributed by atoms with van der Waals surface area (Å²) in [6, 6.07) is 8.70. The van der Waals surface area contributed by atoms with E-state index in [1.54, 1.807) is 26.6 Å². The minimum Gasteiger partial charge on any atom is -0.385 e. The molecule has 8 nitrogen and oxygen atoms in total. The van der Waals surface area contributed by atoms with Crippen LogP contribution in [-0.4, -0.2) is 39.0 Å². The second kappa shape index (κ2) is 8.13. The first kappa shape index (κ1) is 18.8. The van der Waals surface area contributed by atoms with Crippen LogP contribution in [0.5, 0.6) is 0 Å². The maximum atomic E-state index is 12.7. The van der Waals surface area contributed by atoms with Gasteiger partial charge in [0.25, 0.3) is 11.5 Å². The highest BCUT2D eigenvalue weighted by atomic mass is 16.5. The summed E-state index contributed by atoms with van der Waals surface area (Å²) in [6.45, 7) is 3.14. The second-order valence-electron chi connectivity index (χ2n) is 6.41. The fourth-order valence-corrected chi connectivity index (χ4v) is 3.07. The van der Waals surface area contributed by atoms with Crippen LogP contribution < -0.4 is 10.9 Å². The first-order valence-electron chi connectivity index (χ1n) is 8.79. The Labute approximate surface area is 156 Å². The first-order chi connectivity index (χ1) is 13.0. The summed E-state index contributed by atoms with van der Waals surface area (Å²) >= 11 is 0. The van der Waals surface area contributed by atoms with Crippen LogP contribution in [-0.2, 0) is 18.3 Å². The van der Waals surface area contributed by atoms with Gasteiger partial charge in [0, 0.05) is 27.3 Å². The molecule has 0 saturated heterocycles. The van der Waals surface area contributed by atoms with Crippen LogP contribution >= 0.6 is 0 Å². The Balaban J connectivity index is 1.82. The molecule has 8 heteroatoms. The lowest BCUT2D eigenvalue weighted by Gasteiger charge is -2.15. The van der Waals surface area contributed by atoms with Crippen LogP contribution in [0.3, 0.4) is 0 Å². The van der Waals surface area contributed by atoms with Crippen molar-refractivity contribution in [1.29, 1.82) is 0 Å². The molecule has 0 aliphatic rings. The molecular formula is C19H23N5O3. The van der Waals surface area contributed by atoms with Gasteiger partial charge < -0.3 is 19.2 Å². The summed E-state index contributed by atoms with van der Waals surface area (Å²) in [5.41, 5.74) is 0.554. The van der Waals surface area contributed by atoms with Gasteiger partial charge in [0.15, 0.2) is 5.82 Å². The number of hydrogen-bond donors (Lipinski definition) is 1. The lowest BCUT2D eigenvalue weighted by molar-refractivity contribution is 0.0935. The number of benzene rings is 1. The first-order valence-corrected chi connectivity index (χ1v) is 8.79. The lowest BCUT2D eigenvalue weighted by Crippen LogP contribution is -2.34. The number of hydrogen-bond acceptors (Lipinski definition) is 5. The average molecular weight is 369 g/mol. The number of fused-ring (bicyclic) bond motifs is 1. The van der Waals surface area contributed by atoms with E-state index in [4.69, 9.17) is 4.74 Å². The second-order valence-corrected chi connectivity index (χ2v) is 6.41. The van der Waals surface area contributed by atoms with Gasteiger partial charge in [-0.3, -0.25) is 9.59 Å². The number of aromatic nitrogens is 4. The Morgan fingerprint density at radius 1 is 1.33 bits per heavy atom. The number of ether oxygens (including phenoxy) is 1. The predicted octanol–water partition coefficient (Wildman–Crippen LogP) is 1.66. The molecule has 2 aromatic heterocycles. The zero-order valence-corrected chi connectivity index (χ0v) is 15.7. The van der Waals surface area contributed by atoms with E-state index in [2.05, 4.69) is 15.5 Å². The van der Waals surface area contributed by atoms with Crippen molar-refractivity contribution in [2.45, 2.75) is 25.9 Å². The van der Waals surface area contributed by atoms with Gasteiger partial charge in [-0.1, -0.05) is 18.2 Å². The predicted molar refractivity (Wildman–Crippen MR) is 102 cm³/mol. The Bertz CT molecular complexity index is 1010. The van der Waals surface area contributed by atoms with Gasteiger partial charge in [0.05, 0.1) is 11.6 Å². The standard InChI is InChI=1S/C19H23N5O3/c1-13(17-22-20-12-24(17)9-6-10-27-3)21-18(25)15-11-14-7-4-5-8-16(14)23(2)19(15)26/h4-5,7-8,11-13H,6,9-10H2,1-3H3,(H,21,25)/t13-/m1/s1. The maximum absolute atomic E-state index is 12.7. The molecule has 27 heavy (non-hydrogen) atoms. The summed E-state index contributed by atoms with van der Waals surface area (Å²) in [5.74, 6) is 0.206. The van der Waals surface area contributed by atoms with Crippen molar-refractivity contribution in [2.24, 2.45) is 7.05 Å². The van der Waals surface area contributed by atoms with Gasteiger partial charge in [0.2, 0.25) is 0 Å². The van der Waals surface area contributed by atoms with E-state index in [9.17, 15) is 9.59 Å². The third kappa shape index (κ3) is 3.90. The monoisotopic (exact) mass is 369 g/mol. The van der Waals surface area contributed by atoms with Crippen molar-refractivity contribution in [3.8, 4) is 0 Å². The third-order valence-corrected chi connectivity index (χ3v) is 4.51. The van der Waals surface area contributed by atoms with Crippen molar-refractivity contribution in [3.05, 3.63) is 58.4 Å². The van der Waals surface area contributed by atoms with E-state index in [1.807, 2.05) is 35.8 Å². The van der Waals surface area contributed by atoms with E-state index in [1.165, 1.54) is 4.57 Å². The Kier molecular flexibility index (Phi) is 5.66. The largest absolute Gasteiger partial charge is 0.385 e. The van der Waals surface area contributed by atoms with Crippen LogP contribution in [0.15, 0.2) is 41.5 Å². The van der Waals surface area contributed by atoms with E-state index < -0.39 is 11.9 Å². The lowest BCUT2D eigenvalue weighted by atomic mass is 10.1. The molecule has 0 saturated carbocycles. The van der Waals surface area contributed by atoms with Gasteiger partial charge in [-0.15, -0.1) is 10.2 Å². The number of pyridine rings is 1. The molecule has 0 spiro atoms. The average Bonchev–Trinajstić information content (AvgIpc) is 3.13. The molecule has 0 radical (unpaired) electrons. The van der Waals surface area contributed by atoms with Crippen LogP contribution in [0, 0.1) is 0 Å². The number of amides is 1. The van der Waals surface area contributed by atoms with Gasteiger partial charge in [0.1, 0.15) is 11.9 Å². The fraction of sp³-hybridized carbons (Fsp3) is 0.368. The molecule has 1 amide bonds. The number of aryl methyl sites for hydroxylation is 2. The number of nitrogens with one attached hydrogen (secondary N) is 1. The number of methoxy groups -OCH3 is 1. The number of carbonyl (C=O) groups is 1. The minimum atomic E-state index is -0.430. The molecule has 2 heterocycles. The van der Waals surface area contributed by atoms with Crippen LogP contribution in [0.4, 0.5) is 0 Å². The minimum absolute atomic E-state index is 0.105. The highest BCUT2D eigenvalue weighted by Crippen LogP contribution is 2.14. The third-order valence-electron chi connectivity index (χ3n) is 4.51. The van der Waals surface area contributed by atoms with Gasteiger partial charge >= 0.3 is 0 Å². The van der Waals surface area contributed by atoms with E-state index >= 15 is 0 Å². The van der Waals surface area contributed by atoms with E-state index in [0.29, 0.717) is 19.0 Å². The molecule has 1 N–H and O–H groups in total. The van der Waals surface area contributed by atoms with Crippen molar-refractivity contribution >= 4 is 16.8 Å². The van der Waals surface area contributed by atoms with Crippen LogP contribution in [0.2, 0.25) is 0 Å². The highest BCUT2D eigenvalue weighted by Gasteiger charge is 2.19. The highest BCUT2D eigenvalue weighted by molar-refractivity contribution is 5.97. The van der Waals surface area contributed by atoms with Crippen LogP contribution in [0.25, 0.3) is 10.9 Å². The molecular weight excluding hydrogens is 346 g/mol. The normalized spacial score (nSPS) is 12.3. The smallest absolute Gasteiger partial charge is 0.263 e. The molecule has 1 aromatic carbocycles. The van der Waals surface area contributed by atoms with Crippen molar-refractivity contribution < 1.29 is 9.53 Å². The quantitative estimate of drug-likeness (QED) is 0.640. The molecule has 0 fully saturated rings. The molecule has 0 bridgehead atoms. The van der Waals surface area contributed by atoms with Crippen molar-refractivity contribution in [3.63, 3.8) is 0 Å². The van der Waals surface area contributed by atoms with Gasteiger partial charge in [-0.05, 0) is 30.9 Å². The SMILES string of the molecule is COCCCn1cnnc1[C@@H](C)NC(=O)c1cc2ccccc2n(C)c1=O. The van der Waals surface area contributed by atoms with Gasteiger partial charge in [-0.2, -0.15) is 0 Å². The van der Waals surface area contributed by atoms with E-state index in [-0.39, 0.29) is 11.1 Å². The fourth-order valence-electron chi connectivity index (χ4n) is 3.07. The summed E-state index contributed by atoms with van der Waals surface area (Å²) in [5, 5.41) is 11.7. The van der Waals surface area contributed by atoms with Crippen molar-refractivity contribution in [2.75, 3.05) is 13.7 Å². The van der Waals surface area contributed by atoms with Crippen LogP contribution in [0.1, 0.15) is 35.6 Å². The zero-order chi connectivity index (χ0) is 19.4. The molecule has 3 aromatic rings. The Morgan fingerprint density at radius 3 is 2.89 bits per heavy atom. The molecule has 1 atom stereocenters. The molecule has 3 rings (SSSR count). The molecule has 0 unspecified atom stereocenters. The topological polar surface area (TPSA) is 91.0 Å². The maximum Gasteiger partial charge on any atom is 0.263 e. The molecule has 0 aliphatic carbocycles. The zero-order valence-electron chi connectivity index (χ0n) is 15.7. The van der Waals surface area contributed by atoms with Crippen molar-refractivity contribution in [1.82, 2.24) is 24.6 Å². The Morgan fingerprint density at radius 2 is 2.11 bits per heavy atom. The number of rotatable bonds is 7. The number of carbonyl (C=O) groups excluding carboxylic acids is 1. The summed E-state index contributed by atoms with van der Waals surface area (Å²) in [7, 11) is 3.32. The number of nitrogens with zero attached hydrogens (tertiary/aromatic N) is 4. The molecule has 142 valence electrons. The number of para-hydroxylation sites is 1. The van der Waals surface area contributed by atoms with E-state index in [0.717, 1.165) is 17.3 Å². The van der Waals surface area contributed by atoms with Gasteiger partial charge in [-0.25, -0.2) is 0 Å². The summed E-state index contributed by atoms with van der Waals surface area (Å²) in [6.07, 6.45) is 2.44.